The third kappa shape index (κ3) is 4.42. The van der Waals surface area contributed by atoms with Crippen molar-refractivity contribution >= 4 is 6.08 Å². The second-order valence-corrected chi connectivity index (χ2v) is 7.67. The smallest absolute Gasteiger partial charge is 0.319 e. The zero-order valence-electron chi connectivity index (χ0n) is 17.6. The quantitative estimate of drug-likeness (QED) is 0.750. The molecular weight excluding hydrogens is 382 g/mol. The number of para-hydroxylation sites is 1. The number of likely N-dealkylation sites (tertiary alicyclic amines) is 1. The Morgan fingerprint density at radius 2 is 1.90 bits per heavy atom. The number of fused-ring (bicyclic) bond motifs is 1. The first-order valence-corrected chi connectivity index (χ1v) is 10.6. The van der Waals surface area contributed by atoms with Crippen molar-refractivity contribution in [1.82, 2.24) is 14.9 Å². The van der Waals surface area contributed by atoms with Crippen molar-refractivity contribution in [2.45, 2.75) is 32.3 Å². The molecule has 1 saturated heterocycles. The number of rotatable bonds is 7. The molecule has 2 aromatic rings. The lowest BCUT2D eigenvalue weighted by Gasteiger charge is -2.39. The lowest BCUT2D eigenvalue weighted by molar-refractivity contribution is -0.0268. The summed E-state index contributed by atoms with van der Waals surface area (Å²) in [4.78, 5) is 11.0. The van der Waals surface area contributed by atoms with Gasteiger partial charge >= 0.3 is 6.01 Å². The molecule has 0 amide bonds. The van der Waals surface area contributed by atoms with Gasteiger partial charge in [0.15, 0.2) is 0 Å². The number of hydrogen-bond donors (Lipinski definition) is 1. The van der Waals surface area contributed by atoms with Crippen molar-refractivity contribution in [3.05, 3.63) is 47.2 Å². The molecule has 0 unspecified atom stereocenters. The van der Waals surface area contributed by atoms with Crippen LogP contribution in [0.15, 0.2) is 36.0 Å². The monoisotopic (exact) mass is 411 g/mol. The van der Waals surface area contributed by atoms with Gasteiger partial charge in [-0.15, -0.1) is 0 Å². The lowest BCUT2D eigenvalue weighted by atomic mass is 9.85. The van der Waals surface area contributed by atoms with Gasteiger partial charge in [-0.25, -0.2) is 4.98 Å². The number of nitrogens with zero attached hydrogens (tertiary/aromatic N) is 3. The molecule has 1 aromatic heterocycles. The molecule has 7 heteroatoms. The van der Waals surface area contributed by atoms with Gasteiger partial charge in [0.1, 0.15) is 12.4 Å². The molecule has 0 radical (unpaired) electrons. The van der Waals surface area contributed by atoms with Crippen molar-refractivity contribution in [3.8, 4) is 17.6 Å². The summed E-state index contributed by atoms with van der Waals surface area (Å²) in [6.07, 6.45) is 5.05. The van der Waals surface area contributed by atoms with Gasteiger partial charge in [0.25, 0.3) is 0 Å². The van der Waals surface area contributed by atoms with Crippen LogP contribution in [0.1, 0.15) is 37.8 Å². The lowest BCUT2D eigenvalue weighted by Crippen LogP contribution is -2.44. The first-order valence-electron chi connectivity index (χ1n) is 10.6. The molecule has 2 aliphatic rings. The highest BCUT2D eigenvalue weighted by Crippen LogP contribution is 2.38. The Morgan fingerprint density at radius 1 is 1.13 bits per heavy atom. The number of piperidine rings is 1. The van der Waals surface area contributed by atoms with Crippen LogP contribution in [0.3, 0.4) is 0 Å². The summed E-state index contributed by atoms with van der Waals surface area (Å²) in [5, 5.41) is 11.4. The molecule has 160 valence electrons. The van der Waals surface area contributed by atoms with E-state index in [0.717, 1.165) is 30.9 Å². The van der Waals surface area contributed by atoms with Gasteiger partial charge in [0.05, 0.1) is 24.4 Å². The minimum atomic E-state index is -1.00. The van der Waals surface area contributed by atoms with Gasteiger partial charge < -0.3 is 19.3 Å². The molecule has 3 heterocycles. The standard InChI is InChI=1S/C23H29N3O4/c1-3-28-21-19(14-24-22(25-21)29-4-2)23(27)9-11-26(12-10-23)15-17-13-18-7-5-6-8-20(18)30-16-17/h5-8,13-14,27H,3-4,9-12,15-16H2,1-2H3. The Morgan fingerprint density at radius 3 is 2.67 bits per heavy atom. The summed E-state index contributed by atoms with van der Waals surface area (Å²) >= 11 is 0. The number of aromatic nitrogens is 2. The zero-order chi connectivity index (χ0) is 21.0. The molecule has 30 heavy (non-hydrogen) atoms. The molecule has 0 saturated carbocycles. The highest BCUT2D eigenvalue weighted by molar-refractivity contribution is 5.62. The van der Waals surface area contributed by atoms with E-state index in [9.17, 15) is 5.11 Å². The van der Waals surface area contributed by atoms with E-state index in [0.29, 0.717) is 44.1 Å². The second-order valence-electron chi connectivity index (χ2n) is 7.67. The first kappa shape index (κ1) is 20.6. The summed E-state index contributed by atoms with van der Waals surface area (Å²) < 4.78 is 17.0. The number of aliphatic hydroxyl groups is 1. The normalized spacial score (nSPS) is 18.2. The molecule has 7 nitrogen and oxygen atoms in total. The summed E-state index contributed by atoms with van der Waals surface area (Å²) in [5.74, 6) is 1.35. The average Bonchev–Trinajstić information content (AvgIpc) is 2.76. The first-order chi connectivity index (χ1) is 14.6. The number of hydrogen-bond acceptors (Lipinski definition) is 7. The molecular formula is C23H29N3O4. The molecule has 2 aliphatic heterocycles. The van der Waals surface area contributed by atoms with Gasteiger partial charge in [-0.05, 0) is 44.4 Å². The van der Waals surface area contributed by atoms with Gasteiger partial charge in [-0.2, -0.15) is 4.98 Å². The molecule has 1 fully saturated rings. The summed E-state index contributed by atoms with van der Waals surface area (Å²) in [6, 6.07) is 8.36. The van der Waals surface area contributed by atoms with Gasteiger partial charge in [0, 0.05) is 31.4 Å². The molecule has 0 aliphatic carbocycles. The predicted molar refractivity (Wildman–Crippen MR) is 114 cm³/mol. The van der Waals surface area contributed by atoms with Crippen LogP contribution in [-0.2, 0) is 5.60 Å². The maximum absolute atomic E-state index is 11.4. The van der Waals surface area contributed by atoms with Crippen molar-refractivity contribution in [2.24, 2.45) is 0 Å². The molecule has 4 rings (SSSR count). The van der Waals surface area contributed by atoms with Crippen LogP contribution >= 0.6 is 0 Å². The van der Waals surface area contributed by atoms with E-state index in [1.165, 1.54) is 5.57 Å². The van der Waals surface area contributed by atoms with Gasteiger partial charge in [-0.1, -0.05) is 18.2 Å². The summed E-state index contributed by atoms with van der Waals surface area (Å²) in [6.45, 7) is 7.72. The maximum Gasteiger partial charge on any atom is 0.319 e. The third-order valence-electron chi connectivity index (χ3n) is 5.59. The minimum Gasteiger partial charge on any atom is -0.489 e. The van der Waals surface area contributed by atoms with Crippen molar-refractivity contribution in [1.29, 1.82) is 0 Å². The Kier molecular flexibility index (Phi) is 6.20. The number of benzene rings is 1. The van der Waals surface area contributed by atoms with Crippen molar-refractivity contribution < 1.29 is 19.3 Å². The topological polar surface area (TPSA) is 76.9 Å². The Bertz CT molecular complexity index is 907. The molecule has 1 aromatic carbocycles. The largest absolute Gasteiger partial charge is 0.489 e. The average molecular weight is 412 g/mol. The molecule has 1 N–H and O–H groups in total. The maximum atomic E-state index is 11.4. The van der Waals surface area contributed by atoms with Crippen LogP contribution in [0.2, 0.25) is 0 Å². The third-order valence-corrected chi connectivity index (χ3v) is 5.59. The number of ether oxygens (including phenoxy) is 3. The van der Waals surface area contributed by atoms with Gasteiger partial charge in [0.2, 0.25) is 5.88 Å². The molecule has 0 spiro atoms. The van der Waals surface area contributed by atoms with E-state index in [4.69, 9.17) is 14.2 Å². The fraction of sp³-hybridized carbons (Fsp3) is 0.478. The van der Waals surface area contributed by atoms with E-state index in [1.54, 1.807) is 6.20 Å². The van der Waals surface area contributed by atoms with Crippen LogP contribution in [0.5, 0.6) is 17.6 Å². The SMILES string of the molecule is CCOc1ncc(C2(O)CCN(CC3=Cc4ccccc4OC3)CC2)c(OCC)n1. The van der Waals surface area contributed by atoms with Crippen LogP contribution in [0.4, 0.5) is 0 Å². The van der Waals surface area contributed by atoms with Crippen LogP contribution < -0.4 is 14.2 Å². The summed E-state index contributed by atoms with van der Waals surface area (Å²) in [7, 11) is 0. The van der Waals surface area contributed by atoms with Crippen molar-refractivity contribution in [3.63, 3.8) is 0 Å². The van der Waals surface area contributed by atoms with E-state index in [1.807, 2.05) is 32.0 Å². The van der Waals surface area contributed by atoms with E-state index in [2.05, 4.69) is 27.0 Å². The van der Waals surface area contributed by atoms with Crippen LogP contribution in [0.25, 0.3) is 6.08 Å². The fourth-order valence-corrected chi connectivity index (χ4v) is 4.01. The van der Waals surface area contributed by atoms with E-state index < -0.39 is 5.60 Å². The molecule has 0 atom stereocenters. The minimum absolute atomic E-state index is 0.273. The van der Waals surface area contributed by atoms with E-state index >= 15 is 0 Å². The highest BCUT2D eigenvalue weighted by Gasteiger charge is 2.38. The van der Waals surface area contributed by atoms with Crippen molar-refractivity contribution in [2.75, 3.05) is 39.5 Å². The predicted octanol–water partition coefficient (Wildman–Crippen LogP) is 3.03. The van der Waals surface area contributed by atoms with Gasteiger partial charge in [-0.3, -0.25) is 4.90 Å². The second kappa shape index (κ2) is 9.02. The molecule has 0 bridgehead atoms. The zero-order valence-corrected chi connectivity index (χ0v) is 17.6. The highest BCUT2D eigenvalue weighted by atomic mass is 16.5. The van der Waals surface area contributed by atoms with Crippen LogP contribution in [0, 0.1) is 0 Å². The Hall–Kier alpha value is -2.64. The fourth-order valence-electron chi connectivity index (χ4n) is 4.01. The van der Waals surface area contributed by atoms with Crippen LogP contribution in [-0.4, -0.2) is 59.4 Å². The van der Waals surface area contributed by atoms with E-state index in [-0.39, 0.29) is 6.01 Å². The Balaban J connectivity index is 1.43. The Labute approximate surface area is 177 Å². The summed E-state index contributed by atoms with van der Waals surface area (Å²) in [5.41, 5.74) is 2.01.